The summed E-state index contributed by atoms with van der Waals surface area (Å²) >= 11 is 0. The minimum absolute atomic E-state index is 0.105. The van der Waals surface area contributed by atoms with Crippen LogP contribution in [0.4, 0.5) is 15.3 Å². The van der Waals surface area contributed by atoms with Gasteiger partial charge in [-0.3, -0.25) is 4.79 Å². The predicted octanol–water partition coefficient (Wildman–Crippen LogP) is 2.25. The Morgan fingerprint density at radius 2 is 1.92 bits per heavy atom. The third-order valence-electron chi connectivity index (χ3n) is 4.35. The summed E-state index contributed by atoms with van der Waals surface area (Å²) in [7, 11) is 0. The first-order valence-electron chi connectivity index (χ1n) is 8.07. The van der Waals surface area contributed by atoms with Gasteiger partial charge in [0.1, 0.15) is 0 Å². The Labute approximate surface area is 140 Å². The van der Waals surface area contributed by atoms with Crippen molar-refractivity contribution in [1.82, 2.24) is 9.80 Å². The number of imide groups is 1. The van der Waals surface area contributed by atoms with Crippen molar-refractivity contribution in [3.05, 3.63) is 29.8 Å². The van der Waals surface area contributed by atoms with Crippen molar-refractivity contribution in [3.8, 4) is 0 Å². The van der Waals surface area contributed by atoms with E-state index in [1.807, 2.05) is 24.3 Å². The zero-order chi connectivity index (χ0) is 17.3. The first kappa shape index (κ1) is 16.3. The molecule has 0 atom stereocenters. The van der Waals surface area contributed by atoms with E-state index in [1.54, 1.807) is 4.90 Å². The van der Waals surface area contributed by atoms with Crippen LogP contribution < -0.4 is 5.32 Å². The van der Waals surface area contributed by atoms with E-state index < -0.39 is 6.09 Å². The number of nitrogens with zero attached hydrogens (tertiary/aromatic N) is 2. The molecule has 3 rings (SSSR count). The summed E-state index contributed by atoms with van der Waals surface area (Å²) in [6.07, 6.45) is -0.590. The summed E-state index contributed by atoms with van der Waals surface area (Å²) in [4.78, 5) is 37.8. The molecule has 2 aliphatic rings. The van der Waals surface area contributed by atoms with E-state index in [0.29, 0.717) is 25.6 Å². The van der Waals surface area contributed by atoms with Gasteiger partial charge in [-0.25, -0.2) is 14.5 Å². The second kappa shape index (κ2) is 6.51. The lowest BCUT2D eigenvalue weighted by molar-refractivity contribution is -0.126. The van der Waals surface area contributed by atoms with Gasteiger partial charge in [-0.05, 0) is 23.6 Å². The molecular formula is C17H21N3O4. The van der Waals surface area contributed by atoms with Crippen LogP contribution in [0.25, 0.3) is 0 Å². The summed E-state index contributed by atoms with van der Waals surface area (Å²) in [5.41, 5.74) is 1.98. The highest BCUT2D eigenvalue weighted by Gasteiger charge is 2.38. The van der Waals surface area contributed by atoms with Gasteiger partial charge in [0, 0.05) is 31.2 Å². The average molecular weight is 331 g/mol. The number of cyclic esters (lactones) is 1. The lowest BCUT2D eigenvalue weighted by Gasteiger charge is -2.40. The molecule has 1 N–H and O–H groups in total. The van der Waals surface area contributed by atoms with Gasteiger partial charge in [-0.1, -0.05) is 26.0 Å². The number of carbonyl (C=O) groups excluding carboxylic acids is 3. The van der Waals surface area contributed by atoms with E-state index in [-0.39, 0.29) is 24.5 Å². The van der Waals surface area contributed by atoms with E-state index in [9.17, 15) is 14.4 Å². The Kier molecular flexibility index (Phi) is 4.42. The van der Waals surface area contributed by atoms with Gasteiger partial charge in [0.05, 0.1) is 0 Å². The zero-order valence-corrected chi connectivity index (χ0v) is 13.8. The van der Waals surface area contributed by atoms with Crippen molar-refractivity contribution in [2.75, 3.05) is 31.6 Å². The number of ether oxygens (including phenoxy) is 1. The smallest absolute Gasteiger partial charge is 0.417 e. The Hall–Kier alpha value is -2.57. The fourth-order valence-electron chi connectivity index (χ4n) is 2.82. The van der Waals surface area contributed by atoms with Crippen molar-refractivity contribution < 1.29 is 19.1 Å². The minimum Gasteiger partial charge on any atom is -0.439 e. The molecule has 2 heterocycles. The van der Waals surface area contributed by atoms with Crippen LogP contribution in [0.2, 0.25) is 0 Å². The first-order valence-corrected chi connectivity index (χ1v) is 8.07. The van der Waals surface area contributed by atoms with Gasteiger partial charge in [-0.2, -0.15) is 0 Å². The number of hydrogen-bond acceptors (Lipinski definition) is 4. The fraction of sp³-hybridized carbons (Fsp3) is 0.471. The Bertz CT molecular complexity index is 634. The number of nitrogens with one attached hydrogen (secondary N) is 1. The fourth-order valence-corrected chi connectivity index (χ4v) is 2.82. The molecule has 0 aromatic heterocycles. The van der Waals surface area contributed by atoms with Crippen LogP contribution in [0.3, 0.4) is 0 Å². The number of anilines is 1. The highest BCUT2D eigenvalue weighted by atomic mass is 16.6. The van der Waals surface area contributed by atoms with Gasteiger partial charge in [0.15, 0.2) is 6.61 Å². The molecule has 0 unspecified atom stereocenters. The van der Waals surface area contributed by atoms with Crippen LogP contribution >= 0.6 is 0 Å². The standard InChI is InChI=1S/C17H21N3O4/c1-11(2)13-3-5-14(6-4-13)18-16(22)19-7-12(8-19)9-20-15(21)10-24-17(20)23/h3-6,11-12H,7-10H2,1-2H3,(H,18,22). The highest BCUT2D eigenvalue weighted by Crippen LogP contribution is 2.21. The number of amides is 4. The van der Waals surface area contributed by atoms with Crippen LogP contribution in [0.15, 0.2) is 24.3 Å². The summed E-state index contributed by atoms with van der Waals surface area (Å²) in [6.45, 7) is 5.41. The average Bonchev–Trinajstić information content (AvgIpc) is 2.82. The molecular weight excluding hydrogens is 310 g/mol. The number of hydrogen-bond donors (Lipinski definition) is 1. The Morgan fingerprint density at radius 3 is 2.46 bits per heavy atom. The predicted molar refractivity (Wildman–Crippen MR) is 87.7 cm³/mol. The zero-order valence-electron chi connectivity index (χ0n) is 13.8. The monoisotopic (exact) mass is 331 g/mol. The third-order valence-corrected chi connectivity index (χ3v) is 4.35. The van der Waals surface area contributed by atoms with Crippen LogP contribution in [0.1, 0.15) is 25.3 Å². The normalized spacial score (nSPS) is 18.0. The van der Waals surface area contributed by atoms with E-state index in [0.717, 1.165) is 10.6 Å². The molecule has 0 bridgehead atoms. The molecule has 2 saturated heterocycles. The quantitative estimate of drug-likeness (QED) is 0.918. The Balaban J connectivity index is 1.46. The maximum atomic E-state index is 12.2. The summed E-state index contributed by atoms with van der Waals surface area (Å²) in [5, 5.41) is 2.86. The number of carbonyl (C=O) groups is 3. The number of benzene rings is 1. The summed E-state index contributed by atoms with van der Waals surface area (Å²) in [5.74, 6) is 0.243. The van der Waals surface area contributed by atoms with E-state index >= 15 is 0 Å². The molecule has 2 aliphatic heterocycles. The van der Waals surface area contributed by atoms with Crippen molar-refractivity contribution in [1.29, 1.82) is 0 Å². The van der Waals surface area contributed by atoms with E-state index in [2.05, 4.69) is 23.9 Å². The largest absolute Gasteiger partial charge is 0.439 e. The molecule has 2 fully saturated rings. The summed E-state index contributed by atoms with van der Waals surface area (Å²) in [6, 6.07) is 7.62. The molecule has 24 heavy (non-hydrogen) atoms. The molecule has 4 amide bonds. The summed E-state index contributed by atoms with van der Waals surface area (Å²) < 4.78 is 4.67. The van der Waals surface area contributed by atoms with E-state index in [4.69, 9.17) is 0 Å². The lowest BCUT2D eigenvalue weighted by atomic mass is 10.00. The maximum absolute atomic E-state index is 12.2. The minimum atomic E-state index is -0.590. The Morgan fingerprint density at radius 1 is 1.25 bits per heavy atom. The van der Waals surface area contributed by atoms with Gasteiger partial charge in [0.2, 0.25) is 0 Å². The molecule has 128 valence electrons. The molecule has 0 aliphatic carbocycles. The van der Waals surface area contributed by atoms with Gasteiger partial charge >= 0.3 is 12.1 Å². The first-order chi connectivity index (χ1) is 11.4. The number of urea groups is 1. The molecule has 1 aromatic rings. The molecule has 7 nitrogen and oxygen atoms in total. The molecule has 0 saturated carbocycles. The SMILES string of the molecule is CC(C)c1ccc(NC(=O)N2CC(CN3C(=O)COC3=O)C2)cc1. The van der Waals surface area contributed by atoms with Crippen LogP contribution in [-0.4, -0.2) is 54.1 Å². The van der Waals surface area contributed by atoms with Crippen LogP contribution in [-0.2, 0) is 9.53 Å². The van der Waals surface area contributed by atoms with Gasteiger partial charge in [0.25, 0.3) is 5.91 Å². The van der Waals surface area contributed by atoms with Crippen molar-refractivity contribution in [2.45, 2.75) is 19.8 Å². The topological polar surface area (TPSA) is 79.0 Å². The molecule has 7 heteroatoms. The second-order valence-corrected chi connectivity index (χ2v) is 6.54. The lowest BCUT2D eigenvalue weighted by Crippen LogP contribution is -2.55. The molecule has 0 spiro atoms. The number of rotatable bonds is 4. The van der Waals surface area contributed by atoms with Gasteiger partial charge < -0.3 is 15.0 Å². The van der Waals surface area contributed by atoms with Crippen LogP contribution in [0, 0.1) is 5.92 Å². The van der Waals surface area contributed by atoms with Gasteiger partial charge in [-0.15, -0.1) is 0 Å². The molecule has 1 aromatic carbocycles. The van der Waals surface area contributed by atoms with Crippen molar-refractivity contribution in [3.63, 3.8) is 0 Å². The number of likely N-dealkylation sites (tertiary alicyclic amines) is 1. The second-order valence-electron chi connectivity index (χ2n) is 6.54. The van der Waals surface area contributed by atoms with Crippen LogP contribution in [0.5, 0.6) is 0 Å². The maximum Gasteiger partial charge on any atom is 0.417 e. The molecule has 0 radical (unpaired) electrons. The van der Waals surface area contributed by atoms with Crippen molar-refractivity contribution in [2.24, 2.45) is 5.92 Å². The third kappa shape index (κ3) is 3.34. The van der Waals surface area contributed by atoms with E-state index in [1.165, 1.54) is 5.56 Å². The van der Waals surface area contributed by atoms with Crippen molar-refractivity contribution >= 4 is 23.7 Å². The highest BCUT2D eigenvalue weighted by molar-refractivity contribution is 5.97.